The Labute approximate surface area is 108 Å². The normalized spacial score (nSPS) is 13.2. The number of hydrogen-bond acceptors (Lipinski definition) is 0. The number of allylic oxidation sites excluding steroid dienone is 4. The first kappa shape index (κ1) is 14.0. The van der Waals surface area contributed by atoms with Gasteiger partial charge in [-0.1, -0.05) is 58.8 Å². The standard InChI is InChI=1S/C16H23Si/c1-5-14(3)12-17(13-15(4)6-2)16-10-8-7-9-11-16/h5-11H,12-13H2,1-4H3/b14-5+,15-6+. The second kappa shape index (κ2) is 7.28. The molecule has 0 N–H and O–H groups in total. The van der Waals surface area contributed by atoms with Crippen LogP contribution in [0.5, 0.6) is 0 Å². The van der Waals surface area contributed by atoms with E-state index in [-0.39, 0.29) is 0 Å². The van der Waals surface area contributed by atoms with Crippen molar-refractivity contribution in [2.45, 2.75) is 39.8 Å². The zero-order chi connectivity index (χ0) is 12.7. The molecule has 17 heavy (non-hydrogen) atoms. The lowest BCUT2D eigenvalue weighted by molar-refractivity contribution is 1.27. The van der Waals surface area contributed by atoms with E-state index in [0.29, 0.717) is 0 Å². The van der Waals surface area contributed by atoms with E-state index in [4.69, 9.17) is 0 Å². The van der Waals surface area contributed by atoms with Crippen molar-refractivity contribution >= 4 is 14.0 Å². The summed E-state index contributed by atoms with van der Waals surface area (Å²) in [6.45, 7) is 8.78. The molecule has 1 aromatic carbocycles. The SMILES string of the molecule is C/C=C(\C)C[Si](C/C(C)=C/C)c1ccccc1. The lowest BCUT2D eigenvalue weighted by atomic mass is 10.3. The second-order valence-electron chi connectivity index (χ2n) is 4.59. The molecular formula is C16H23Si. The molecule has 0 unspecified atom stereocenters. The van der Waals surface area contributed by atoms with Crippen molar-refractivity contribution in [3.63, 3.8) is 0 Å². The first-order chi connectivity index (χ1) is 8.17. The summed E-state index contributed by atoms with van der Waals surface area (Å²) in [5.41, 5.74) is 3.04. The van der Waals surface area contributed by atoms with E-state index in [9.17, 15) is 0 Å². The molecule has 0 spiro atoms. The molecule has 1 rings (SSSR count). The maximum absolute atomic E-state index is 2.29. The Kier molecular flexibility index (Phi) is 5.99. The van der Waals surface area contributed by atoms with Gasteiger partial charge in [-0.2, -0.15) is 0 Å². The summed E-state index contributed by atoms with van der Waals surface area (Å²) in [6.07, 6.45) is 4.50. The van der Waals surface area contributed by atoms with E-state index in [0.717, 1.165) is 0 Å². The fraction of sp³-hybridized carbons (Fsp3) is 0.375. The molecule has 0 aliphatic carbocycles. The Morgan fingerprint density at radius 1 is 0.941 bits per heavy atom. The zero-order valence-electron chi connectivity index (χ0n) is 11.5. The Morgan fingerprint density at radius 2 is 1.41 bits per heavy atom. The van der Waals surface area contributed by atoms with Crippen LogP contribution in [0.3, 0.4) is 0 Å². The van der Waals surface area contributed by atoms with Crippen LogP contribution in [0.2, 0.25) is 12.1 Å². The van der Waals surface area contributed by atoms with Crippen LogP contribution in [-0.4, -0.2) is 8.80 Å². The van der Waals surface area contributed by atoms with Crippen LogP contribution in [0.4, 0.5) is 0 Å². The van der Waals surface area contributed by atoms with Gasteiger partial charge in [0.25, 0.3) is 0 Å². The molecule has 0 saturated heterocycles. The zero-order valence-corrected chi connectivity index (χ0v) is 12.5. The van der Waals surface area contributed by atoms with Gasteiger partial charge in [0, 0.05) is 0 Å². The molecule has 0 aliphatic heterocycles. The molecule has 0 heterocycles. The van der Waals surface area contributed by atoms with Gasteiger partial charge in [-0.3, -0.25) is 0 Å². The molecule has 1 heteroatoms. The van der Waals surface area contributed by atoms with Gasteiger partial charge in [-0.15, -0.1) is 0 Å². The van der Waals surface area contributed by atoms with Crippen molar-refractivity contribution in [2.24, 2.45) is 0 Å². The quantitative estimate of drug-likeness (QED) is 0.534. The molecule has 1 radical (unpaired) electrons. The van der Waals surface area contributed by atoms with E-state index in [2.05, 4.69) is 70.2 Å². The van der Waals surface area contributed by atoms with Crippen molar-refractivity contribution in [2.75, 3.05) is 0 Å². The van der Waals surface area contributed by atoms with Gasteiger partial charge < -0.3 is 0 Å². The molecule has 0 fully saturated rings. The second-order valence-corrected chi connectivity index (χ2v) is 7.08. The van der Waals surface area contributed by atoms with Crippen LogP contribution in [-0.2, 0) is 0 Å². The Bertz CT molecular complexity index is 367. The average molecular weight is 243 g/mol. The van der Waals surface area contributed by atoms with E-state index < -0.39 is 8.80 Å². The first-order valence-corrected chi connectivity index (χ1v) is 8.22. The van der Waals surface area contributed by atoms with E-state index in [1.54, 1.807) is 5.19 Å². The Morgan fingerprint density at radius 3 is 1.82 bits per heavy atom. The van der Waals surface area contributed by atoms with Crippen LogP contribution < -0.4 is 5.19 Å². The monoisotopic (exact) mass is 243 g/mol. The number of rotatable bonds is 5. The fourth-order valence-electron chi connectivity index (χ4n) is 1.82. The highest BCUT2D eigenvalue weighted by atomic mass is 28.3. The summed E-state index contributed by atoms with van der Waals surface area (Å²) < 4.78 is 0. The predicted molar refractivity (Wildman–Crippen MR) is 80.3 cm³/mol. The highest BCUT2D eigenvalue weighted by Crippen LogP contribution is 2.14. The number of benzene rings is 1. The highest BCUT2D eigenvalue weighted by Gasteiger charge is 2.14. The third-order valence-corrected chi connectivity index (χ3v) is 6.27. The van der Waals surface area contributed by atoms with Gasteiger partial charge in [0.05, 0.1) is 8.80 Å². The minimum absolute atomic E-state index is 0.481. The van der Waals surface area contributed by atoms with Crippen LogP contribution in [0.25, 0.3) is 0 Å². The first-order valence-electron chi connectivity index (χ1n) is 6.31. The summed E-state index contributed by atoms with van der Waals surface area (Å²) in [5, 5.41) is 1.56. The van der Waals surface area contributed by atoms with Crippen LogP contribution in [0.1, 0.15) is 27.7 Å². The van der Waals surface area contributed by atoms with Crippen molar-refractivity contribution in [1.82, 2.24) is 0 Å². The molecule has 0 saturated carbocycles. The fourth-order valence-corrected chi connectivity index (χ4v) is 4.77. The van der Waals surface area contributed by atoms with Gasteiger partial charge in [0.2, 0.25) is 0 Å². The maximum atomic E-state index is 2.29. The molecule has 0 nitrogen and oxygen atoms in total. The van der Waals surface area contributed by atoms with Gasteiger partial charge in [0.15, 0.2) is 0 Å². The van der Waals surface area contributed by atoms with Gasteiger partial charge in [0.1, 0.15) is 0 Å². The summed E-state index contributed by atoms with van der Waals surface area (Å²) >= 11 is 0. The summed E-state index contributed by atoms with van der Waals surface area (Å²) in [7, 11) is -0.481. The topological polar surface area (TPSA) is 0 Å². The lowest BCUT2D eigenvalue weighted by Crippen LogP contribution is -2.30. The molecule has 91 valence electrons. The predicted octanol–water partition coefficient (Wildman–Crippen LogP) is 4.32. The van der Waals surface area contributed by atoms with Crippen LogP contribution in [0, 0.1) is 0 Å². The van der Waals surface area contributed by atoms with Crippen LogP contribution in [0.15, 0.2) is 53.6 Å². The summed E-state index contributed by atoms with van der Waals surface area (Å²) in [4.78, 5) is 0. The largest absolute Gasteiger partial charge is 0.0940 e. The van der Waals surface area contributed by atoms with E-state index in [1.807, 2.05) is 0 Å². The minimum atomic E-state index is -0.481. The maximum Gasteiger partial charge on any atom is 0.0940 e. The van der Waals surface area contributed by atoms with Crippen molar-refractivity contribution in [3.05, 3.63) is 53.6 Å². The van der Waals surface area contributed by atoms with Gasteiger partial charge >= 0.3 is 0 Å². The highest BCUT2D eigenvalue weighted by molar-refractivity contribution is 6.74. The Balaban J connectivity index is 2.87. The lowest BCUT2D eigenvalue weighted by Gasteiger charge is -2.16. The third-order valence-electron chi connectivity index (χ3n) is 3.15. The van der Waals surface area contributed by atoms with E-state index in [1.165, 1.54) is 23.2 Å². The molecular weight excluding hydrogens is 220 g/mol. The third kappa shape index (κ3) is 4.74. The molecule has 0 bridgehead atoms. The van der Waals surface area contributed by atoms with Crippen molar-refractivity contribution < 1.29 is 0 Å². The molecule has 0 amide bonds. The smallest absolute Gasteiger partial charge is 0.0890 e. The summed E-state index contributed by atoms with van der Waals surface area (Å²) in [5.74, 6) is 0. The molecule has 0 aliphatic rings. The Hall–Kier alpha value is -1.08. The molecule has 1 aromatic rings. The number of hydrogen-bond donors (Lipinski definition) is 0. The minimum Gasteiger partial charge on any atom is -0.0890 e. The average Bonchev–Trinajstić information content (AvgIpc) is 2.38. The van der Waals surface area contributed by atoms with Gasteiger partial charge in [-0.05, 0) is 39.8 Å². The van der Waals surface area contributed by atoms with Gasteiger partial charge in [-0.25, -0.2) is 0 Å². The summed E-state index contributed by atoms with van der Waals surface area (Å²) in [6, 6.07) is 13.5. The molecule has 0 aromatic heterocycles. The van der Waals surface area contributed by atoms with E-state index >= 15 is 0 Å². The van der Waals surface area contributed by atoms with Crippen molar-refractivity contribution in [3.8, 4) is 0 Å². The van der Waals surface area contributed by atoms with Crippen LogP contribution >= 0.6 is 0 Å². The molecule has 0 atom stereocenters. The van der Waals surface area contributed by atoms with Crippen molar-refractivity contribution in [1.29, 1.82) is 0 Å².